The molecule has 0 saturated heterocycles. The fraction of sp³-hybridized carbons (Fsp3) is 0.462. The minimum absolute atomic E-state index is 0.648. The Labute approximate surface area is 106 Å². The van der Waals surface area contributed by atoms with E-state index in [9.17, 15) is 4.79 Å². The van der Waals surface area contributed by atoms with Crippen LogP contribution in [0.25, 0.3) is 0 Å². The van der Waals surface area contributed by atoms with Gasteiger partial charge >= 0.3 is 0 Å². The number of aromatic nitrogens is 4. The van der Waals surface area contributed by atoms with Gasteiger partial charge in [-0.05, 0) is 33.8 Å². The van der Waals surface area contributed by atoms with Crippen molar-refractivity contribution in [3.05, 3.63) is 34.4 Å². The van der Waals surface area contributed by atoms with Crippen LogP contribution in [0.1, 0.15) is 40.1 Å². The molecule has 0 fully saturated rings. The minimum Gasteiger partial charge on any atom is -0.298 e. The first-order valence-corrected chi connectivity index (χ1v) is 6.09. The molecule has 0 aliphatic carbocycles. The van der Waals surface area contributed by atoms with Crippen molar-refractivity contribution in [3.8, 4) is 0 Å². The third kappa shape index (κ3) is 2.08. The van der Waals surface area contributed by atoms with Gasteiger partial charge in [0.05, 0.1) is 29.2 Å². The fourth-order valence-corrected chi connectivity index (χ4v) is 2.19. The van der Waals surface area contributed by atoms with Gasteiger partial charge in [0.2, 0.25) is 0 Å². The molecule has 0 saturated carbocycles. The SMILES string of the molecule is CCn1nc(C)cc1Cn1nc(C)c(C=O)c1C. The van der Waals surface area contributed by atoms with E-state index < -0.39 is 0 Å². The first-order valence-electron chi connectivity index (χ1n) is 6.09. The van der Waals surface area contributed by atoms with Crippen LogP contribution in [0.5, 0.6) is 0 Å². The average molecular weight is 246 g/mol. The number of hydrogen-bond donors (Lipinski definition) is 0. The lowest BCUT2D eigenvalue weighted by molar-refractivity contribution is 0.112. The van der Waals surface area contributed by atoms with E-state index in [-0.39, 0.29) is 0 Å². The van der Waals surface area contributed by atoms with E-state index in [1.54, 1.807) is 0 Å². The molecular formula is C13H18N4O. The molecule has 0 atom stereocenters. The Bertz CT molecular complexity index is 580. The van der Waals surface area contributed by atoms with Crippen molar-refractivity contribution in [1.82, 2.24) is 19.6 Å². The van der Waals surface area contributed by atoms with Crippen molar-refractivity contribution >= 4 is 6.29 Å². The molecule has 0 aliphatic rings. The van der Waals surface area contributed by atoms with Gasteiger partial charge in [-0.3, -0.25) is 14.2 Å². The molecule has 0 radical (unpaired) electrons. The summed E-state index contributed by atoms with van der Waals surface area (Å²) < 4.78 is 3.83. The topological polar surface area (TPSA) is 52.7 Å². The zero-order chi connectivity index (χ0) is 13.3. The zero-order valence-electron chi connectivity index (χ0n) is 11.3. The van der Waals surface area contributed by atoms with Crippen LogP contribution in [0, 0.1) is 20.8 Å². The molecule has 0 amide bonds. The molecule has 2 heterocycles. The molecule has 96 valence electrons. The Morgan fingerprint density at radius 1 is 1.22 bits per heavy atom. The summed E-state index contributed by atoms with van der Waals surface area (Å²) in [7, 11) is 0. The normalized spacial score (nSPS) is 10.9. The summed E-state index contributed by atoms with van der Waals surface area (Å²) in [4.78, 5) is 11.0. The number of nitrogens with zero attached hydrogens (tertiary/aromatic N) is 4. The molecule has 0 aromatic carbocycles. The van der Waals surface area contributed by atoms with Gasteiger partial charge in [0.1, 0.15) is 0 Å². The quantitative estimate of drug-likeness (QED) is 0.774. The summed E-state index contributed by atoms with van der Waals surface area (Å²) >= 11 is 0. The average Bonchev–Trinajstić information content (AvgIpc) is 2.81. The highest BCUT2D eigenvalue weighted by Crippen LogP contribution is 2.13. The Kier molecular flexibility index (Phi) is 3.32. The van der Waals surface area contributed by atoms with E-state index in [4.69, 9.17) is 0 Å². The van der Waals surface area contributed by atoms with Gasteiger partial charge in [-0.1, -0.05) is 0 Å². The summed E-state index contributed by atoms with van der Waals surface area (Å²) in [6, 6.07) is 2.06. The van der Waals surface area contributed by atoms with Gasteiger partial charge < -0.3 is 0 Å². The van der Waals surface area contributed by atoms with Crippen LogP contribution in [0.3, 0.4) is 0 Å². The zero-order valence-corrected chi connectivity index (χ0v) is 11.3. The third-order valence-electron chi connectivity index (χ3n) is 3.15. The summed E-state index contributed by atoms with van der Waals surface area (Å²) in [5, 5.41) is 8.82. The van der Waals surface area contributed by atoms with Gasteiger partial charge in [0.25, 0.3) is 0 Å². The van der Waals surface area contributed by atoms with Crippen LogP contribution in [0.4, 0.5) is 0 Å². The van der Waals surface area contributed by atoms with Crippen LogP contribution < -0.4 is 0 Å². The van der Waals surface area contributed by atoms with E-state index in [0.717, 1.165) is 35.6 Å². The Morgan fingerprint density at radius 3 is 2.50 bits per heavy atom. The van der Waals surface area contributed by atoms with Gasteiger partial charge in [0.15, 0.2) is 6.29 Å². The number of aryl methyl sites for hydroxylation is 3. The van der Waals surface area contributed by atoms with E-state index in [1.165, 1.54) is 0 Å². The van der Waals surface area contributed by atoms with Crippen molar-refractivity contribution in [2.45, 2.75) is 40.8 Å². The molecule has 0 N–H and O–H groups in total. The summed E-state index contributed by atoms with van der Waals surface area (Å²) in [6.45, 7) is 9.30. The summed E-state index contributed by atoms with van der Waals surface area (Å²) in [6.07, 6.45) is 0.872. The van der Waals surface area contributed by atoms with Crippen LogP contribution in [0.2, 0.25) is 0 Å². The highest BCUT2D eigenvalue weighted by Gasteiger charge is 2.12. The molecular weight excluding hydrogens is 228 g/mol. The van der Waals surface area contributed by atoms with E-state index in [1.807, 2.05) is 30.1 Å². The van der Waals surface area contributed by atoms with Crippen LogP contribution >= 0.6 is 0 Å². The minimum atomic E-state index is 0.648. The Morgan fingerprint density at radius 2 is 1.94 bits per heavy atom. The van der Waals surface area contributed by atoms with Gasteiger partial charge in [0, 0.05) is 12.2 Å². The first-order chi connectivity index (χ1) is 8.56. The smallest absolute Gasteiger partial charge is 0.153 e. The van der Waals surface area contributed by atoms with E-state index in [2.05, 4.69) is 23.2 Å². The van der Waals surface area contributed by atoms with Gasteiger partial charge in [-0.15, -0.1) is 0 Å². The third-order valence-corrected chi connectivity index (χ3v) is 3.15. The molecule has 18 heavy (non-hydrogen) atoms. The molecule has 0 bridgehead atoms. The number of carbonyl (C=O) groups is 1. The van der Waals surface area contributed by atoms with Crippen molar-refractivity contribution < 1.29 is 4.79 Å². The predicted octanol–water partition coefficient (Wildman–Crippen LogP) is 1.89. The molecule has 5 nitrogen and oxygen atoms in total. The fourth-order valence-electron chi connectivity index (χ4n) is 2.19. The van der Waals surface area contributed by atoms with Crippen molar-refractivity contribution in [2.75, 3.05) is 0 Å². The largest absolute Gasteiger partial charge is 0.298 e. The summed E-state index contributed by atoms with van der Waals surface area (Å²) in [5.74, 6) is 0. The number of aldehydes is 1. The number of hydrogen-bond acceptors (Lipinski definition) is 3. The first kappa shape index (κ1) is 12.5. The molecule has 2 aromatic rings. The second kappa shape index (κ2) is 4.76. The van der Waals surface area contributed by atoms with Gasteiger partial charge in [-0.25, -0.2) is 0 Å². The highest BCUT2D eigenvalue weighted by atomic mass is 16.1. The lowest BCUT2D eigenvalue weighted by Gasteiger charge is -2.06. The van der Waals surface area contributed by atoms with Crippen LogP contribution in [-0.4, -0.2) is 25.8 Å². The summed E-state index contributed by atoms with van der Waals surface area (Å²) in [5.41, 5.74) is 4.49. The maximum atomic E-state index is 11.0. The lowest BCUT2D eigenvalue weighted by atomic mass is 10.2. The Hall–Kier alpha value is -1.91. The van der Waals surface area contributed by atoms with E-state index >= 15 is 0 Å². The molecule has 5 heteroatoms. The monoisotopic (exact) mass is 246 g/mol. The van der Waals surface area contributed by atoms with Crippen LogP contribution in [0.15, 0.2) is 6.07 Å². The molecule has 0 aliphatic heterocycles. The lowest BCUT2D eigenvalue weighted by Crippen LogP contribution is -2.10. The maximum absolute atomic E-state index is 11.0. The molecule has 0 spiro atoms. The van der Waals surface area contributed by atoms with Crippen LogP contribution in [-0.2, 0) is 13.1 Å². The molecule has 2 rings (SSSR count). The van der Waals surface area contributed by atoms with E-state index in [0.29, 0.717) is 12.1 Å². The second-order valence-corrected chi connectivity index (χ2v) is 4.45. The maximum Gasteiger partial charge on any atom is 0.153 e. The van der Waals surface area contributed by atoms with Crippen molar-refractivity contribution in [2.24, 2.45) is 0 Å². The van der Waals surface area contributed by atoms with Gasteiger partial charge in [-0.2, -0.15) is 10.2 Å². The Balaban J connectivity index is 2.36. The molecule has 2 aromatic heterocycles. The van der Waals surface area contributed by atoms with Crippen molar-refractivity contribution in [3.63, 3.8) is 0 Å². The molecule has 0 unspecified atom stereocenters. The number of carbonyl (C=O) groups excluding carboxylic acids is 1. The predicted molar refractivity (Wildman–Crippen MR) is 68.8 cm³/mol. The second-order valence-electron chi connectivity index (χ2n) is 4.45. The number of rotatable bonds is 4. The standard InChI is InChI=1S/C13H18N4O/c1-5-16-12(6-9(2)14-16)7-17-11(4)13(8-18)10(3)15-17/h6,8H,5,7H2,1-4H3. The van der Waals surface area contributed by atoms with Crippen molar-refractivity contribution in [1.29, 1.82) is 0 Å². The highest BCUT2D eigenvalue weighted by molar-refractivity contribution is 5.78.